The Bertz CT molecular complexity index is 1200. The van der Waals surface area contributed by atoms with Crippen molar-refractivity contribution in [3.63, 3.8) is 0 Å². The van der Waals surface area contributed by atoms with E-state index in [0.29, 0.717) is 17.5 Å². The first-order valence-electron chi connectivity index (χ1n) is 8.71. The Kier molecular flexibility index (Phi) is 4.77. The molecule has 0 unspecified atom stereocenters. The molecule has 142 valence electrons. The van der Waals surface area contributed by atoms with Crippen LogP contribution >= 0.6 is 0 Å². The summed E-state index contributed by atoms with van der Waals surface area (Å²) in [5.74, 6) is 1.87. The van der Waals surface area contributed by atoms with Crippen LogP contribution in [0.3, 0.4) is 0 Å². The molecule has 0 aliphatic carbocycles. The number of azo groups is 1. The Balaban J connectivity index is 1.77. The summed E-state index contributed by atoms with van der Waals surface area (Å²) in [6.45, 7) is 1.92. The predicted octanol–water partition coefficient (Wildman–Crippen LogP) is 3.49. The number of aryl methyl sites for hydroxylation is 1. The van der Waals surface area contributed by atoms with Gasteiger partial charge >= 0.3 is 0 Å². The molecule has 0 aromatic carbocycles. The zero-order chi connectivity index (χ0) is 20.2. The maximum absolute atomic E-state index is 9.40. The number of hydrogen-bond donors (Lipinski definition) is 1. The molecule has 10 heteroatoms. The zero-order valence-electron chi connectivity index (χ0n) is 15.7. The fourth-order valence-electron chi connectivity index (χ4n) is 2.73. The summed E-state index contributed by atoms with van der Waals surface area (Å²) in [6, 6.07) is 9.54. The summed E-state index contributed by atoms with van der Waals surface area (Å²) in [7, 11) is 1.77. The molecule has 0 aliphatic heterocycles. The van der Waals surface area contributed by atoms with Crippen molar-refractivity contribution in [2.24, 2.45) is 10.2 Å². The van der Waals surface area contributed by atoms with Crippen LogP contribution in [0.1, 0.15) is 11.1 Å². The van der Waals surface area contributed by atoms with Crippen molar-refractivity contribution in [2.45, 2.75) is 6.92 Å². The van der Waals surface area contributed by atoms with E-state index in [1.165, 1.54) is 10.9 Å². The quantitative estimate of drug-likeness (QED) is 0.526. The van der Waals surface area contributed by atoms with Gasteiger partial charge in [-0.1, -0.05) is 0 Å². The first-order valence-corrected chi connectivity index (χ1v) is 8.71. The number of hydrogen-bond acceptors (Lipinski definition) is 8. The van der Waals surface area contributed by atoms with Crippen LogP contribution in [-0.2, 0) is 0 Å². The summed E-state index contributed by atoms with van der Waals surface area (Å²) in [6.07, 6.45) is 8.41. The molecule has 0 saturated heterocycles. The van der Waals surface area contributed by atoms with Crippen LogP contribution in [0.5, 0.6) is 0 Å². The number of rotatable bonds is 5. The highest BCUT2D eigenvalue weighted by molar-refractivity contribution is 5.66. The maximum Gasteiger partial charge on any atom is 0.252 e. The molecule has 4 rings (SSSR count). The van der Waals surface area contributed by atoms with Crippen LogP contribution in [0.15, 0.2) is 65.5 Å². The number of nitrogens with zero attached hydrogens (tertiary/aromatic N) is 9. The lowest BCUT2D eigenvalue weighted by Crippen LogP contribution is -2.02. The lowest BCUT2D eigenvalue weighted by atomic mass is 10.2. The number of anilines is 1. The van der Waals surface area contributed by atoms with Gasteiger partial charge in [-0.15, -0.1) is 10.2 Å². The van der Waals surface area contributed by atoms with Crippen molar-refractivity contribution in [2.75, 3.05) is 12.4 Å². The molecular weight excluding hydrogens is 368 g/mol. The number of nitriles is 1. The van der Waals surface area contributed by atoms with E-state index in [1.54, 1.807) is 25.5 Å². The summed E-state index contributed by atoms with van der Waals surface area (Å²) in [5, 5.41) is 25.3. The van der Waals surface area contributed by atoms with E-state index in [2.05, 4.69) is 41.7 Å². The van der Waals surface area contributed by atoms with Gasteiger partial charge in [0, 0.05) is 31.8 Å². The largest absolute Gasteiger partial charge is 0.371 e. The highest BCUT2D eigenvalue weighted by atomic mass is 15.4. The Hall–Kier alpha value is -4.39. The average Bonchev–Trinajstić information content (AvgIpc) is 3.43. The highest BCUT2D eigenvalue weighted by Crippen LogP contribution is 2.31. The normalized spacial score (nSPS) is 10.9. The molecule has 4 aromatic rings. The molecule has 29 heavy (non-hydrogen) atoms. The average molecular weight is 384 g/mol. The fourth-order valence-corrected chi connectivity index (χ4v) is 2.73. The minimum Gasteiger partial charge on any atom is -0.371 e. The topological polar surface area (TPSA) is 122 Å². The first kappa shape index (κ1) is 18.0. The fraction of sp³-hybridized carbons (Fsp3) is 0.105. The standard InChI is InChI=1S/C19H16N10/c1-13-10-15(28-8-3-4-9-28)25-17(21-2)16(13)26-27-18-14(11-20)12-24-29(18)19-22-6-5-7-23-19/h3-10,12H,1-2H3,(H,21,25). The van der Waals surface area contributed by atoms with Crippen molar-refractivity contribution in [3.8, 4) is 17.8 Å². The van der Waals surface area contributed by atoms with Gasteiger partial charge in [-0.25, -0.2) is 15.0 Å². The molecule has 0 fully saturated rings. The minimum absolute atomic E-state index is 0.245. The molecule has 0 bridgehead atoms. The van der Waals surface area contributed by atoms with E-state index >= 15 is 0 Å². The Labute approximate surface area is 166 Å². The molecule has 0 spiro atoms. The van der Waals surface area contributed by atoms with E-state index in [4.69, 9.17) is 0 Å². The summed E-state index contributed by atoms with van der Waals surface area (Å²) < 4.78 is 3.28. The molecule has 0 saturated carbocycles. The lowest BCUT2D eigenvalue weighted by molar-refractivity contribution is 0.803. The molecule has 0 amide bonds. The van der Waals surface area contributed by atoms with Crippen molar-refractivity contribution in [1.82, 2.24) is 29.3 Å². The van der Waals surface area contributed by atoms with Crippen molar-refractivity contribution >= 4 is 17.3 Å². The van der Waals surface area contributed by atoms with E-state index in [1.807, 2.05) is 42.1 Å². The van der Waals surface area contributed by atoms with E-state index < -0.39 is 0 Å². The smallest absolute Gasteiger partial charge is 0.252 e. The molecule has 0 radical (unpaired) electrons. The molecule has 4 aromatic heterocycles. The molecule has 4 heterocycles. The van der Waals surface area contributed by atoms with Crippen molar-refractivity contribution in [3.05, 3.63) is 66.4 Å². The van der Waals surface area contributed by atoms with Gasteiger partial charge in [-0.05, 0) is 36.8 Å². The second-order valence-electron chi connectivity index (χ2n) is 5.99. The SMILES string of the molecule is CNc1nc(-n2cccc2)cc(C)c1N=Nc1c(C#N)cnn1-c1ncccn1. The van der Waals surface area contributed by atoms with E-state index in [9.17, 15) is 5.26 Å². The van der Waals surface area contributed by atoms with Crippen LogP contribution in [0.2, 0.25) is 0 Å². The van der Waals surface area contributed by atoms with Gasteiger partial charge in [0.05, 0.1) is 6.20 Å². The number of pyridine rings is 1. The summed E-state index contributed by atoms with van der Waals surface area (Å²) >= 11 is 0. The zero-order valence-corrected chi connectivity index (χ0v) is 15.7. The first-order chi connectivity index (χ1) is 14.2. The maximum atomic E-state index is 9.40. The van der Waals surface area contributed by atoms with Gasteiger partial charge in [-0.2, -0.15) is 15.0 Å². The minimum atomic E-state index is 0.245. The Morgan fingerprint density at radius 2 is 1.86 bits per heavy atom. The molecule has 0 aliphatic rings. The third-order valence-electron chi connectivity index (χ3n) is 4.13. The predicted molar refractivity (Wildman–Crippen MR) is 106 cm³/mol. The van der Waals surface area contributed by atoms with Crippen LogP contribution in [0.25, 0.3) is 11.8 Å². The number of nitrogens with one attached hydrogen (secondary N) is 1. The molecule has 1 N–H and O–H groups in total. The van der Waals surface area contributed by atoms with Crippen LogP contribution in [-0.4, -0.2) is 36.3 Å². The van der Waals surface area contributed by atoms with Crippen molar-refractivity contribution < 1.29 is 0 Å². The van der Waals surface area contributed by atoms with Gasteiger partial charge in [0.25, 0.3) is 5.95 Å². The van der Waals surface area contributed by atoms with Crippen LogP contribution < -0.4 is 5.32 Å². The Morgan fingerprint density at radius 3 is 2.55 bits per heavy atom. The molecular formula is C19H16N10. The monoisotopic (exact) mass is 384 g/mol. The Morgan fingerprint density at radius 1 is 1.10 bits per heavy atom. The van der Waals surface area contributed by atoms with E-state index in [0.717, 1.165) is 11.4 Å². The summed E-state index contributed by atoms with van der Waals surface area (Å²) in [4.78, 5) is 12.9. The van der Waals surface area contributed by atoms with Gasteiger partial charge in [0.1, 0.15) is 23.1 Å². The summed E-state index contributed by atoms with van der Waals surface area (Å²) in [5.41, 5.74) is 1.70. The third kappa shape index (κ3) is 3.44. The molecule has 10 nitrogen and oxygen atoms in total. The lowest BCUT2D eigenvalue weighted by Gasteiger charge is -2.10. The molecule has 0 atom stereocenters. The van der Waals surface area contributed by atoms with Crippen LogP contribution in [0.4, 0.5) is 17.3 Å². The van der Waals surface area contributed by atoms with Crippen LogP contribution in [0, 0.1) is 18.3 Å². The number of aromatic nitrogens is 6. The second-order valence-corrected chi connectivity index (χ2v) is 5.99. The second kappa shape index (κ2) is 7.69. The van der Waals surface area contributed by atoms with Gasteiger partial charge in [-0.3, -0.25) is 0 Å². The highest BCUT2D eigenvalue weighted by Gasteiger charge is 2.15. The van der Waals surface area contributed by atoms with Gasteiger partial charge in [0.15, 0.2) is 11.6 Å². The van der Waals surface area contributed by atoms with Gasteiger partial charge < -0.3 is 9.88 Å². The van der Waals surface area contributed by atoms with Crippen molar-refractivity contribution in [1.29, 1.82) is 5.26 Å². The third-order valence-corrected chi connectivity index (χ3v) is 4.13. The van der Waals surface area contributed by atoms with Gasteiger partial charge in [0.2, 0.25) is 0 Å². The van der Waals surface area contributed by atoms with E-state index in [-0.39, 0.29) is 11.4 Å².